The highest BCUT2D eigenvalue weighted by molar-refractivity contribution is 5.85. The molecule has 1 aliphatic carbocycles. The van der Waals surface area contributed by atoms with E-state index in [1.54, 1.807) is 4.68 Å². The SMILES string of the molecule is Cl.Cn1nc(C2CC2)nc1CN. The highest BCUT2D eigenvalue weighted by atomic mass is 35.5. The third-order valence-corrected chi connectivity index (χ3v) is 1.99. The molecule has 4 nitrogen and oxygen atoms in total. The van der Waals surface area contributed by atoms with Crippen molar-refractivity contribution in [3.8, 4) is 0 Å². The van der Waals surface area contributed by atoms with Crippen LogP contribution in [0, 0.1) is 0 Å². The van der Waals surface area contributed by atoms with Crippen molar-refractivity contribution in [1.29, 1.82) is 0 Å². The molecule has 1 fully saturated rings. The average molecular weight is 189 g/mol. The maximum Gasteiger partial charge on any atom is 0.154 e. The van der Waals surface area contributed by atoms with Gasteiger partial charge in [-0.1, -0.05) is 0 Å². The predicted octanol–water partition coefficient (Wildman–Crippen LogP) is 0.573. The van der Waals surface area contributed by atoms with Crippen LogP contribution in [0.4, 0.5) is 0 Å². The van der Waals surface area contributed by atoms with Gasteiger partial charge < -0.3 is 5.73 Å². The van der Waals surface area contributed by atoms with Crippen molar-refractivity contribution in [3.63, 3.8) is 0 Å². The number of nitrogens with two attached hydrogens (primary N) is 1. The topological polar surface area (TPSA) is 56.7 Å². The van der Waals surface area contributed by atoms with Gasteiger partial charge >= 0.3 is 0 Å². The van der Waals surface area contributed by atoms with E-state index in [0.717, 1.165) is 11.6 Å². The van der Waals surface area contributed by atoms with E-state index in [9.17, 15) is 0 Å². The van der Waals surface area contributed by atoms with Crippen LogP contribution in [0.25, 0.3) is 0 Å². The van der Waals surface area contributed by atoms with Crippen molar-refractivity contribution in [1.82, 2.24) is 14.8 Å². The van der Waals surface area contributed by atoms with E-state index in [2.05, 4.69) is 10.1 Å². The molecule has 5 heteroatoms. The summed E-state index contributed by atoms with van der Waals surface area (Å²) in [6.07, 6.45) is 2.49. The van der Waals surface area contributed by atoms with Crippen LogP contribution in [-0.2, 0) is 13.6 Å². The Morgan fingerprint density at radius 2 is 2.25 bits per heavy atom. The van der Waals surface area contributed by atoms with E-state index in [0.29, 0.717) is 12.5 Å². The summed E-state index contributed by atoms with van der Waals surface area (Å²) >= 11 is 0. The quantitative estimate of drug-likeness (QED) is 0.739. The second kappa shape index (κ2) is 3.41. The number of nitrogens with zero attached hydrogens (tertiary/aromatic N) is 3. The van der Waals surface area contributed by atoms with Gasteiger partial charge in [0, 0.05) is 13.0 Å². The number of hydrogen-bond acceptors (Lipinski definition) is 3. The van der Waals surface area contributed by atoms with Gasteiger partial charge in [-0.15, -0.1) is 12.4 Å². The van der Waals surface area contributed by atoms with Crippen LogP contribution < -0.4 is 5.73 Å². The van der Waals surface area contributed by atoms with Crippen LogP contribution in [0.2, 0.25) is 0 Å². The lowest BCUT2D eigenvalue weighted by Crippen LogP contribution is -2.05. The Balaban J connectivity index is 0.000000720. The van der Waals surface area contributed by atoms with Crippen molar-refractivity contribution >= 4 is 12.4 Å². The molecule has 1 saturated carbocycles. The van der Waals surface area contributed by atoms with Gasteiger partial charge in [-0.05, 0) is 12.8 Å². The molecule has 0 amide bonds. The Bertz CT molecular complexity index is 266. The molecule has 1 heterocycles. The summed E-state index contributed by atoms with van der Waals surface area (Å²) in [6, 6.07) is 0. The van der Waals surface area contributed by atoms with E-state index in [1.807, 2.05) is 7.05 Å². The summed E-state index contributed by atoms with van der Waals surface area (Å²) in [6.45, 7) is 0.482. The third kappa shape index (κ3) is 1.59. The molecule has 2 rings (SSSR count). The number of aromatic nitrogens is 3. The van der Waals surface area contributed by atoms with Crippen LogP contribution >= 0.6 is 12.4 Å². The van der Waals surface area contributed by atoms with Gasteiger partial charge in [0.25, 0.3) is 0 Å². The van der Waals surface area contributed by atoms with Crippen molar-refractivity contribution in [3.05, 3.63) is 11.6 Å². The second-order valence-corrected chi connectivity index (χ2v) is 2.99. The summed E-state index contributed by atoms with van der Waals surface area (Å²) < 4.78 is 1.77. The zero-order valence-corrected chi connectivity index (χ0v) is 7.84. The maximum absolute atomic E-state index is 5.46. The minimum absolute atomic E-state index is 0. The first kappa shape index (κ1) is 9.48. The zero-order chi connectivity index (χ0) is 7.84. The molecule has 0 saturated heterocycles. The van der Waals surface area contributed by atoms with Gasteiger partial charge in [0.05, 0.1) is 6.54 Å². The molecule has 0 radical (unpaired) electrons. The van der Waals surface area contributed by atoms with Gasteiger partial charge in [0.2, 0.25) is 0 Å². The average Bonchev–Trinajstić information content (AvgIpc) is 2.76. The number of halogens is 1. The first-order valence-electron chi connectivity index (χ1n) is 3.91. The Morgan fingerprint density at radius 1 is 1.58 bits per heavy atom. The fraction of sp³-hybridized carbons (Fsp3) is 0.714. The monoisotopic (exact) mass is 188 g/mol. The van der Waals surface area contributed by atoms with Crippen molar-refractivity contribution in [2.45, 2.75) is 25.3 Å². The van der Waals surface area contributed by atoms with Crippen LogP contribution in [0.15, 0.2) is 0 Å². The van der Waals surface area contributed by atoms with Crippen molar-refractivity contribution in [2.24, 2.45) is 12.8 Å². The van der Waals surface area contributed by atoms with E-state index >= 15 is 0 Å². The summed E-state index contributed by atoms with van der Waals surface area (Å²) in [4.78, 5) is 4.32. The summed E-state index contributed by atoms with van der Waals surface area (Å²) in [7, 11) is 1.89. The molecule has 12 heavy (non-hydrogen) atoms. The van der Waals surface area contributed by atoms with Gasteiger partial charge in [0.15, 0.2) is 5.82 Å². The molecule has 0 unspecified atom stereocenters. The normalized spacial score (nSPS) is 15.8. The van der Waals surface area contributed by atoms with Crippen molar-refractivity contribution < 1.29 is 0 Å². The number of aryl methyl sites for hydroxylation is 1. The molecule has 0 aromatic carbocycles. The van der Waals surface area contributed by atoms with E-state index in [4.69, 9.17) is 5.73 Å². The summed E-state index contributed by atoms with van der Waals surface area (Å²) in [5, 5.41) is 4.27. The second-order valence-electron chi connectivity index (χ2n) is 2.99. The molecule has 0 spiro atoms. The van der Waals surface area contributed by atoms with Crippen LogP contribution in [0.5, 0.6) is 0 Å². The lowest BCUT2D eigenvalue weighted by Gasteiger charge is -1.90. The molecular formula is C7H13ClN4. The van der Waals surface area contributed by atoms with E-state index in [-0.39, 0.29) is 12.4 Å². The van der Waals surface area contributed by atoms with Gasteiger partial charge in [0.1, 0.15) is 5.82 Å². The Labute approximate surface area is 77.6 Å². The Morgan fingerprint density at radius 3 is 2.67 bits per heavy atom. The van der Waals surface area contributed by atoms with Crippen LogP contribution in [0.3, 0.4) is 0 Å². The smallest absolute Gasteiger partial charge is 0.154 e. The Kier molecular flexibility index (Phi) is 2.69. The molecule has 0 bridgehead atoms. The third-order valence-electron chi connectivity index (χ3n) is 1.99. The standard InChI is InChI=1S/C7H12N4.ClH/c1-11-6(4-8)9-7(10-11)5-2-3-5;/h5H,2-4,8H2,1H3;1H. The lowest BCUT2D eigenvalue weighted by atomic mass is 10.4. The van der Waals surface area contributed by atoms with E-state index in [1.165, 1.54) is 12.8 Å². The van der Waals surface area contributed by atoms with Gasteiger partial charge in [-0.2, -0.15) is 5.10 Å². The zero-order valence-electron chi connectivity index (χ0n) is 7.03. The fourth-order valence-electron chi connectivity index (χ4n) is 1.13. The number of rotatable bonds is 2. The first-order chi connectivity index (χ1) is 5.31. The Hall–Kier alpha value is -0.610. The molecule has 1 aromatic rings. The predicted molar refractivity (Wildman–Crippen MR) is 48.1 cm³/mol. The highest BCUT2D eigenvalue weighted by Crippen LogP contribution is 2.37. The van der Waals surface area contributed by atoms with Crippen molar-refractivity contribution in [2.75, 3.05) is 0 Å². The first-order valence-corrected chi connectivity index (χ1v) is 3.91. The minimum Gasteiger partial charge on any atom is -0.324 e. The maximum atomic E-state index is 5.46. The molecule has 2 N–H and O–H groups in total. The summed E-state index contributed by atoms with van der Waals surface area (Å²) in [5.41, 5.74) is 5.46. The van der Waals surface area contributed by atoms with E-state index < -0.39 is 0 Å². The number of hydrogen-bond donors (Lipinski definition) is 1. The fourth-order valence-corrected chi connectivity index (χ4v) is 1.13. The van der Waals surface area contributed by atoms with Crippen LogP contribution in [-0.4, -0.2) is 14.8 Å². The molecule has 68 valence electrons. The highest BCUT2D eigenvalue weighted by Gasteiger charge is 2.28. The van der Waals surface area contributed by atoms with Crippen LogP contribution in [0.1, 0.15) is 30.4 Å². The lowest BCUT2D eigenvalue weighted by molar-refractivity contribution is 0.694. The molecule has 0 atom stereocenters. The largest absolute Gasteiger partial charge is 0.324 e. The molecule has 1 aromatic heterocycles. The molecule has 0 aliphatic heterocycles. The molecular weight excluding hydrogens is 176 g/mol. The van der Waals surface area contributed by atoms with Gasteiger partial charge in [-0.3, -0.25) is 4.68 Å². The van der Waals surface area contributed by atoms with Gasteiger partial charge in [-0.25, -0.2) is 4.98 Å². The molecule has 1 aliphatic rings. The summed E-state index contributed by atoms with van der Waals surface area (Å²) in [5.74, 6) is 2.49. The minimum atomic E-state index is 0.